The van der Waals surface area contributed by atoms with E-state index in [0.717, 1.165) is 12.1 Å². The first-order valence-corrected chi connectivity index (χ1v) is 6.99. The Labute approximate surface area is 127 Å². The van der Waals surface area contributed by atoms with Gasteiger partial charge in [0.15, 0.2) is 12.0 Å². The van der Waals surface area contributed by atoms with Crippen LogP contribution in [0.5, 0.6) is 0 Å². The number of halogens is 1. The van der Waals surface area contributed by atoms with Crippen LogP contribution >= 0.6 is 0 Å². The summed E-state index contributed by atoms with van der Waals surface area (Å²) in [5.74, 6) is -0.372. The van der Waals surface area contributed by atoms with E-state index in [0.29, 0.717) is 17.5 Å². The van der Waals surface area contributed by atoms with Gasteiger partial charge in [0.1, 0.15) is 11.5 Å². The molecule has 0 bridgehead atoms. The number of rotatable bonds is 4. The van der Waals surface area contributed by atoms with Crippen molar-refractivity contribution in [2.45, 2.75) is 13.3 Å². The summed E-state index contributed by atoms with van der Waals surface area (Å²) in [6, 6.07) is 13.8. The van der Waals surface area contributed by atoms with Crippen molar-refractivity contribution in [3.8, 4) is 16.9 Å². The fourth-order valence-electron chi connectivity index (χ4n) is 2.33. The molecule has 5 heteroatoms. The van der Waals surface area contributed by atoms with Crippen LogP contribution in [0.2, 0.25) is 0 Å². The van der Waals surface area contributed by atoms with Crippen molar-refractivity contribution in [3.05, 3.63) is 65.6 Å². The van der Waals surface area contributed by atoms with Crippen molar-refractivity contribution >= 4 is 6.29 Å². The minimum absolute atomic E-state index is 0.185. The number of aryl methyl sites for hydroxylation is 1. The SMILES string of the molecule is CCc1ccc(-n2nnc(C=O)c2-c2cccc(F)c2)cc1. The maximum Gasteiger partial charge on any atom is 0.172 e. The quantitative estimate of drug-likeness (QED) is 0.693. The Balaban J connectivity index is 2.16. The predicted octanol–water partition coefficient (Wildman–Crippen LogP) is 3.45. The number of carbonyl (C=O) groups is 1. The highest BCUT2D eigenvalue weighted by Gasteiger charge is 2.16. The van der Waals surface area contributed by atoms with Crippen LogP contribution in [0.15, 0.2) is 48.5 Å². The van der Waals surface area contributed by atoms with E-state index < -0.39 is 0 Å². The molecule has 0 radical (unpaired) electrons. The summed E-state index contributed by atoms with van der Waals surface area (Å²) >= 11 is 0. The molecule has 1 aromatic heterocycles. The van der Waals surface area contributed by atoms with Crippen molar-refractivity contribution in [3.63, 3.8) is 0 Å². The number of nitrogens with zero attached hydrogens (tertiary/aromatic N) is 3. The molecular formula is C17H14FN3O. The molecule has 0 N–H and O–H groups in total. The monoisotopic (exact) mass is 295 g/mol. The molecule has 3 rings (SSSR count). The summed E-state index contributed by atoms with van der Waals surface area (Å²) in [5, 5.41) is 7.91. The number of aromatic nitrogens is 3. The Morgan fingerprint density at radius 2 is 1.95 bits per heavy atom. The standard InChI is InChI=1S/C17H14FN3O/c1-2-12-6-8-15(9-7-12)21-17(16(11-22)19-20-21)13-4-3-5-14(18)10-13/h3-11H,2H2,1H3. The first kappa shape index (κ1) is 14.1. The van der Waals surface area contributed by atoms with Crippen LogP contribution in [0.4, 0.5) is 4.39 Å². The molecular weight excluding hydrogens is 281 g/mol. The van der Waals surface area contributed by atoms with Gasteiger partial charge in [0, 0.05) is 5.56 Å². The average molecular weight is 295 g/mol. The molecule has 0 amide bonds. The molecule has 3 aromatic rings. The molecule has 0 saturated carbocycles. The molecule has 1 heterocycles. The number of hydrogen-bond acceptors (Lipinski definition) is 3. The topological polar surface area (TPSA) is 47.8 Å². The zero-order valence-corrected chi connectivity index (χ0v) is 12.0. The van der Waals surface area contributed by atoms with Gasteiger partial charge < -0.3 is 0 Å². The average Bonchev–Trinajstić information content (AvgIpc) is 2.99. The third kappa shape index (κ3) is 2.53. The van der Waals surface area contributed by atoms with Gasteiger partial charge in [-0.05, 0) is 36.2 Å². The van der Waals surface area contributed by atoms with Crippen molar-refractivity contribution in [1.29, 1.82) is 0 Å². The summed E-state index contributed by atoms with van der Waals surface area (Å²) in [6.07, 6.45) is 1.57. The first-order chi connectivity index (χ1) is 10.7. The van der Waals surface area contributed by atoms with Gasteiger partial charge in [-0.25, -0.2) is 9.07 Å². The van der Waals surface area contributed by atoms with E-state index in [-0.39, 0.29) is 11.5 Å². The van der Waals surface area contributed by atoms with E-state index in [1.165, 1.54) is 17.7 Å². The van der Waals surface area contributed by atoms with Crippen molar-refractivity contribution in [2.75, 3.05) is 0 Å². The van der Waals surface area contributed by atoms with Gasteiger partial charge in [0.25, 0.3) is 0 Å². The van der Waals surface area contributed by atoms with Crippen molar-refractivity contribution in [1.82, 2.24) is 15.0 Å². The van der Waals surface area contributed by atoms with Crippen LogP contribution in [-0.2, 0) is 6.42 Å². The zero-order chi connectivity index (χ0) is 15.5. The van der Waals surface area contributed by atoms with Gasteiger partial charge in [0.2, 0.25) is 0 Å². The molecule has 0 atom stereocenters. The highest BCUT2D eigenvalue weighted by Crippen LogP contribution is 2.25. The summed E-state index contributed by atoms with van der Waals surface area (Å²) in [5.41, 5.74) is 3.21. The molecule has 2 aromatic carbocycles. The molecule has 0 aliphatic carbocycles. The number of hydrogen-bond donors (Lipinski definition) is 0. The molecule has 0 aliphatic heterocycles. The van der Waals surface area contributed by atoms with Gasteiger partial charge >= 0.3 is 0 Å². The number of carbonyl (C=O) groups excluding carboxylic acids is 1. The molecule has 110 valence electrons. The molecule has 0 saturated heterocycles. The fourth-order valence-corrected chi connectivity index (χ4v) is 2.33. The van der Waals surface area contributed by atoms with E-state index in [1.54, 1.807) is 16.8 Å². The molecule has 0 fully saturated rings. The predicted molar refractivity (Wildman–Crippen MR) is 81.5 cm³/mol. The fraction of sp³-hybridized carbons (Fsp3) is 0.118. The second-order valence-electron chi connectivity index (χ2n) is 4.88. The van der Waals surface area contributed by atoms with E-state index in [2.05, 4.69) is 17.2 Å². The highest BCUT2D eigenvalue weighted by molar-refractivity contribution is 5.83. The van der Waals surface area contributed by atoms with Gasteiger partial charge in [0.05, 0.1) is 5.69 Å². The zero-order valence-electron chi connectivity index (χ0n) is 12.0. The van der Waals surface area contributed by atoms with Crippen LogP contribution in [-0.4, -0.2) is 21.3 Å². The Hall–Kier alpha value is -2.82. The third-order valence-electron chi connectivity index (χ3n) is 3.50. The lowest BCUT2D eigenvalue weighted by Crippen LogP contribution is -2.00. The molecule has 0 aliphatic rings. The Morgan fingerprint density at radius 1 is 1.18 bits per heavy atom. The smallest absolute Gasteiger partial charge is 0.172 e. The first-order valence-electron chi connectivity index (χ1n) is 6.99. The van der Waals surface area contributed by atoms with Crippen molar-refractivity contribution in [2.24, 2.45) is 0 Å². The maximum atomic E-state index is 13.5. The highest BCUT2D eigenvalue weighted by atomic mass is 19.1. The van der Waals surface area contributed by atoms with Gasteiger partial charge in [-0.2, -0.15) is 0 Å². The largest absolute Gasteiger partial charge is 0.296 e. The lowest BCUT2D eigenvalue weighted by atomic mass is 10.1. The molecule has 0 unspecified atom stereocenters. The summed E-state index contributed by atoms with van der Waals surface area (Å²) in [4.78, 5) is 11.2. The Kier molecular flexibility index (Phi) is 3.78. The van der Waals surface area contributed by atoms with Gasteiger partial charge in [-0.15, -0.1) is 5.10 Å². The summed E-state index contributed by atoms with van der Waals surface area (Å²) in [7, 11) is 0. The Morgan fingerprint density at radius 3 is 2.59 bits per heavy atom. The van der Waals surface area contributed by atoms with Gasteiger partial charge in [-0.1, -0.05) is 36.4 Å². The van der Waals surface area contributed by atoms with Crippen LogP contribution in [0.3, 0.4) is 0 Å². The summed E-state index contributed by atoms with van der Waals surface area (Å²) < 4.78 is 15.0. The lowest BCUT2D eigenvalue weighted by Gasteiger charge is -2.08. The van der Waals surface area contributed by atoms with E-state index in [9.17, 15) is 9.18 Å². The van der Waals surface area contributed by atoms with Crippen LogP contribution < -0.4 is 0 Å². The second kappa shape index (κ2) is 5.89. The van der Waals surface area contributed by atoms with Crippen molar-refractivity contribution < 1.29 is 9.18 Å². The van der Waals surface area contributed by atoms with Crippen LogP contribution in [0, 0.1) is 5.82 Å². The van der Waals surface area contributed by atoms with E-state index in [1.807, 2.05) is 24.3 Å². The van der Waals surface area contributed by atoms with Crippen LogP contribution in [0.25, 0.3) is 16.9 Å². The number of benzene rings is 2. The molecule has 4 nitrogen and oxygen atoms in total. The van der Waals surface area contributed by atoms with E-state index in [4.69, 9.17) is 0 Å². The Bertz CT molecular complexity index is 809. The summed E-state index contributed by atoms with van der Waals surface area (Å²) in [6.45, 7) is 2.08. The minimum Gasteiger partial charge on any atom is -0.296 e. The second-order valence-corrected chi connectivity index (χ2v) is 4.88. The lowest BCUT2D eigenvalue weighted by molar-refractivity contribution is 0.111. The van der Waals surface area contributed by atoms with E-state index >= 15 is 0 Å². The third-order valence-corrected chi connectivity index (χ3v) is 3.50. The minimum atomic E-state index is -0.372. The molecule has 22 heavy (non-hydrogen) atoms. The normalized spacial score (nSPS) is 10.6. The van der Waals surface area contributed by atoms with Gasteiger partial charge in [-0.3, -0.25) is 4.79 Å². The van der Waals surface area contributed by atoms with Crippen LogP contribution in [0.1, 0.15) is 23.0 Å². The molecule has 0 spiro atoms. The number of aldehydes is 1. The maximum absolute atomic E-state index is 13.5.